The zero-order valence-electron chi connectivity index (χ0n) is 10.9. The van der Waals surface area contributed by atoms with E-state index in [1.807, 2.05) is 6.07 Å². The first kappa shape index (κ1) is 13.4. The lowest BCUT2D eigenvalue weighted by Gasteiger charge is -2.03. The van der Waals surface area contributed by atoms with Gasteiger partial charge in [-0.05, 0) is 36.4 Å². The molecule has 0 spiro atoms. The molecule has 110 valence electrons. The summed E-state index contributed by atoms with van der Waals surface area (Å²) in [5, 5.41) is 6.75. The topological polar surface area (TPSA) is 58.0 Å². The summed E-state index contributed by atoms with van der Waals surface area (Å²) >= 11 is 11.7. The Labute approximate surface area is 133 Å². The third-order valence-corrected chi connectivity index (χ3v) is 3.74. The molecule has 0 aliphatic rings. The van der Waals surface area contributed by atoms with Crippen molar-refractivity contribution in [1.29, 1.82) is 0 Å². The molecule has 0 fully saturated rings. The molecular formula is C14H8Cl2FN5. The predicted molar refractivity (Wildman–Crippen MR) is 84.5 cm³/mol. The Morgan fingerprint density at radius 3 is 2.77 bits per heavy atom. The molecule has 0 radical (unpaired) electrons. The van der Waals surface area contributed by atoms with E-state index in [2.05, 4.69) is 20.4 Å². The van der Waals surface area contributed by atoms with Crippen LogP contribution in [0.4, 0.5) is 16.0 Å². The number of aromatic amines is 1. The van der Waals surface area contributed by atoms with E-state index in [0.29, 0.717) is 22.4 Å². The van der Waals surface area contributed by atoms with Crippen molar-refractivity contribution in [2.75, 3.05) is 5.32 Å². The molecule has 0 atom stereocenters. The number of nitrogens with zero attached hydrogens (tertiary/aromatic N) is 3. The third-order valence-electron chi connectivity index (χ3n) is 3.21. The first-order valence-electron chi connectivity index (χ1n) is 6.36. The molecule has 22 heavy (non-hydrogen) atoms. The van der Waals surface area contributed by atoms with Crippen LogP contribution in [0.3, 0.4) is 0 Å². The fourth-order valence-corrected chi connectivity index (χ4v) is 2.57. The van der Waals surface area contributed by atoms with Crippen LogP contribution in [0.5, 0.6) is 0 Å². The Hall–Kier alpha value is -2.31. The maximum Gasteiger partial charge on any atom is 0.253 e. The highest BCUT2D eigenvalue weighted by atomic mass is 35.5. The maximum absolute atomic E-state index is 13.2. The summed E-state index contributed by atoms with van der Waals surface area (Å²) in [6, 6.07) is 9.76. The van der Waals surface area contributed by atoms with Crippen LogP contribution in [0.1, 0.15) is 0 Å². The zero-order valence-corrected chi connectivity index (χ0v) is 12.5. The highest BCUT2D eigenvalue weighted by Crippen LogP contribution is 2.23. The van der Waals surface area contributed by atoms with Crippen molar-refractivity contribution in [1.82, 2.24) is 19.6 Å². The molecular weight excluding hydrogens is 328 g/mol. The molecule has 0 bridgehead atoms. The van der Waals surface area contributed by atoms with Gasteiger partial charge < -0.3 is 5.32 Å². The maximum atomic E-state index is 13.2. The van der Waals surface area contributed by atoms with Crippen LogP contribution in [0.2, 0.25) is 10.0 Å². The Morgan fingerprint density at radius 2 is 1.95 bits per heavy atom. The quantitative estimate of drug-likeness (QED) is 0.570. The minimum atomic E-state index is -0.468. The fraction of sp³-hybridized carbons (Fsp3) is 0. The summed E-state index contributed by atoms with van der Waals surface area (Å²) in [5.74, 6) is 0.513. The van der Waals surface area contributed by atoms with Gasteiger partial charge in [-0.3, -0.25) is 5.10 Å². The minimum absolute atomic E-state index is 0.0430. The van der Waals surface area contributed by atoms with Crippen molar-refractivity contribution in [2.45, 2.75) is 0 Å². The van der Waals surface area contributed by atoms with E-state index in [-0.39, 0.29) is 5.02 Å². The largest absolute Gasteiger partial charge is 0.324 e. The van der Waals surface area contributed by atoms with Gasteiger partial charge in [0.2, 0.25) is 5.95 Å². The van der Waals surface area contributed by atoms with Crippen LogP contribution >= 0.6 is 23.2 Å². The van der Waals surface area contributed by atoms with Crippen molar-refractivity contribution in [3.8, 4) is 0 Å². The van der Waals surface area contributed by atoms with Gasteiger partial charge in [-0.25, -0.2) is 13.9 Å². The van der Waals surface area contributed by atoms with E-state index in [1.54, 1.807) is 22.7 Å². The summed E-state index contributed by atoms with van der Waals surface area (Å²) < 4.78 is 14.9. The van der Waals surface area contributed by atoms with Crippen molar-refractivity contribution in [3.63, 3.8) is 0 Å². The lowest BCUT2D eigenvalue weighted by molar-refractivity contribution is 0.628. The first-order valence-corrected chi connectivity index (χ1v) is 7.11. The van der Waals surface area contributed by atoms with Crippen LogP contribution in [0.25, 0.3) is 16.8 Å². The van der Waals surface area contributed by atoms with Crippen molar-refractivity contribution < 1.29 is 4.39 Å². The third kappa shape index (κ3) is 2.17. The second kappa shape index (κ2) is 4.86. The number of aromatic nitrogens is 4. The predicted octanol–water partition coefficient (Wildman–Crippen LogP) is 4.40. The number of halogens is 3. The Bertz CT molecular complexity index is 1010. The zero-order chi connectivity index (χ0) is 15.3. The normalized spacial score (nSPS) is 11.4. The van der Waals surface area contributed by atoms with Gasteiger partial charge in [0.05, 0.1) is 16.1 Å². The number of fused-ring (bicyclic) bond motifs is 3. The lowest BCUT2D eigenvalue weighted by Crippen LogP contribution is -1.94. The Balaban J connectivity index is 1.74. The molecule has 4 rings (SSSR count). The average Bonchev–Trinajstić information content (AvgIpc) is 2.99. The SMILES string of the molecule is Fc1ccc(Nc2nc3nc4cc(Cl)ccc4n3[nH]2)cc1Cl. The second-order valence-corrected chi connectivity index (χ2v) is 5.55. The van der Waals surface area contributed by atoms with Gasteiger partial charge in [-0.15, -0.1) is 0 Å². The molecule has 2 aromatic carbocycles. The molecule has 0 unspecified atom stereocenters. The van der Waals surface area contributed by atoms with E-state index in [0.717, 1.165) is 11.0 Å². The number of hydrogen-bond donors (Lipinski definition) is 2. The van der Waals surface area contributed by atoms with Gasteiger partial charge >= 0.3 is 0 Å². The van der Waals surface area contributed by atoms with Gasteiger partial charge in [0.1, 0.15) is 5.82 Å². The van der Waals surface area contributed by atoms with Gasteiger partial charge in [0.15, 0.2) is 0 Å². The van der Waals surface area contributed by atoms with Crippen molar-refractivity contribution >= 4 is 51.6 Å². The standard InChI is InChI=1S/C14H8Cl2FN5/c15-7-1-4-12-11(5-7)19-14-20-13(21-22(12)14)18-8-2-3-10(17)9(16)6-8/h1-6H,(H2,18,19,20,21). The summed E-state index contributed by atoms with van der Waals surface area (Å²) in [4.78, 5) is 8.71. The molecule has 0 saturated heterocycles. The van der Waals surface area contributed by atoms with E-state index in [9.17, 15) is 4.39 Å². The van der Waals surface area contributed by atoms with E-state index in [4.69, 9.17) is 23.2 Å². The average molecular weight is 336 g/mol. The molecule has 4 aromatic rings. The number of H-pyrrole nitrogens is 1. The number of hydrogen-bond acceptors (Lipinski definition) is 3. The minimum Gasteiger partial charge on any atom is -0.324 e. The Kier molecular flexibility index (Phi) is 2.95. The van der Waals surface area contributed by atoms with Crippen LogP contribution in [0, 0.1) is 5.82 Å². The molecule has 2 heterocycles. The molecule has 2 N–H and O–H groups in total. The van der Waals surface area contributed by atoms with Gasteiger partial charge in [0, 0.05) is 10.7 Å². The van der Waals surface area contributed by atoms with Gasteiger partial charge in [-0.1, -0.05) is 23.2 Å². The first-order chi connectivity index (χ1) is 10.6. The number of imidazole rings is 1. The van der Waals surface area contributed by atoms with Gasteiger partial charge in [-0.2, -0.15) is 4.98 Å². The van der Waals surface area contributed by atoms with Crippen LogP contribution < -0.4 is 5.32 Å². The second-order valence-electron chi connectivity index (χ2n) is 4.71. The smallest absolute Gasteiger partial charge is 0.253 e. The molecule has 8 heteroatoms. The molecule has 0 amide bonds. The Morgan fingerprint density at radius 1 is 1.09 bits per heavy atom. The number of benzene rings is 2. The highest BCUT2D eigenvalue weighted by Gasteiger charge is 2.10. The van der Waals surface area contributed by atoms with Crippen molar-refractivity contribution in [2.24, 2.45) is 0 Å². The summed E-state index contributed by atoms with van der Waals surface area (Å²) in [6.45, 7) is 0. The summed E-state index contributed by atoms with van der Waals surface area (Å²) in [6.07, 6.45) is 0. The summed E-state index contributed by atoms with van der Waals surface area (Å²) in [7, 11) is 0. The molecule has 0 aliphatic carbocycles. The molecule has 0 saturated carbocycles. The molecule has 2 aromatic heterocycles. The van der Waals surface area contributed by atoms with Crippen LogP contribution in [-0.2, 0) is 0 Å². The fourth-order valence-electron chi connectivity index (χ4n) is 2.22. The molecule has 0 aliphatic heterocycles. The van der Waals surface area contributed by atoms with E-state index >= 15 is 0 Å². The summed E-state index contributed by atoms with van der Waals surface area (Å²) in [5.41, 5.74) is 2.23. The highest BCUT2D eigenvalue weighted by molar-refractivity contribution is 6.31. The van der Waals surface area contributed by atoms with Crippen LogP contribution in [-0.4, -0.2) is 19.6 Å². The number of nitrogens with one attached hydrogen (secondary N) is 2. The van der Waals surface area contributed by atoms with Gasteiger partial charge in [0.25, 0.3) is 5.78 Å². The van der Waals surface area contributed by atoms with Crippen molar-refractivity contribution in [3.05, 3.63) is 52.3 Å². The number of anilines is 2. The monoisotopic (exact) mass is 335 g/mol. The number of rotatable bonds is 2. The van der Waals surface area contributed by atoms with Crippen LogP contribution in [0.15, 0.2) is 36.4 Å². The van der Waals surface area contributed by atoms with E-state index in [1.165, 1.54) is 12.1 Å². The lowest BCUT2D eigenvalue weighted by atomic mass is 10.3. The van der Waals surface area contributed by atoms with E-state index < -0.39 is 5.82 Å². The molecule has 5 nitrogen and oxygen atoms in total.